The molecule has 0 aliphatic carbocycles. The van der Waals surface area contributed by atoms with Crippen LogP contribution in [-0.4, -0.2) is 17.8 Å². The van der Waals surface area contributed by atoms with Gasteiger partial charge in [-0.15, -0.1) is 0 Å². The van der Waals surface area contributed by atoms with E-state index in [1.54, 1.807) is 0 Å². The molecular formula is C46H83NO5Zn. The van der Waals surface area contributed by atoms with Crippen LogP contribution in [0.2, 0.25) is 0 Å². The number of unbranched alkanes of at least 4 members (excludes halogenated alkanes) is 28. The van der Waals surface area contributed by atoms with E-state index in [0.29, 0.717) is 0 Å². The second-order valence-corrected chi connectivity index (χ2v) is 14.4. The van der Waals surface area contributed by atoms with Crippen molar-refractivity contribution in [3.63, 3.8) is 0 Å². The normalized spacial score (nSPS) is 9.94. The van der Waals surface area contributed by atoms with Gasteiger partial charge in [0.15, 0.2) is 0 Å². The van der Waals surface area contributed by atoms with Gasteiger partial charge >= 0.3 is 19.5 Å². The molecule has 0 unspecified atom stereocenters. The van der Waals surface area contributed by atoms with Crippen LogP contribution in [-0.2, 0) is 33.9 Å². The fourth-order valence-corrected chi connectivity index (χ4v) is 5.87. The minimum absolute atomic E-state index is 0. The van der Waals surface area contributed by atoms with Crippen molar-refractivity contribution >= 4 is 23.9 Å². The number of primary amides is 1. The molecule has 0 aliphatic rings. The maximum Gasteiger partial charge on any atom is 2.00 e. The summed E-state index contributed by atoms with van der Waals surface area (Å²) in [4.78, 5) is 29.7. The Morgan fingerprint density at radius 3 is 0.868 bits per heavy atom. The number of aliphatic carboxylic acids is 2. The molecule has 1 rings (SSSR count). The quantitative estimate of drug-likeness (QED) is 0.0560. The van der Waals surface area contributed by atoms with E-state index in [1.807, 2.05) is 36.4 Å². The Labute approximate surface area is 341 Å². The van der Waals surface area contributed by atoms with Gasteiger partial charge in [0.25, 0.3) is 0 Å². The van der Waals surface area contributed by atoms with Crippen molar-refractivity contribution in [2.24, 2.45) is 5.73 Å². The monoisotopic (exact) mass is 794 g/mol. The van der Waals surface area contributed by atoms with Crippen molar-refractivity contribution in [3.05, 3.63) is 42.5 Å². The first-order chi connectivity index (χ1) is 25.2. The van der Waals surface area contributed by atoms with Crippen molar-refractivity contribution in [1.29, 1.82) is 0 Å². The van der Waals surface area contributed by atoms with Gasteiger partial charge in [-0.05, 0) is 31.2 Å². The van der Waals surface area contributed by atoms with Crippen LogP contribution >= 0.6 is 0 Å². The third-order valence-electron chi connectivity index (χ3n) is 9.00. The molecule has 0 atom stereocenters. The Morgan fingerprint density at radius 2 is 0.698 bits per heavy atom. The number of nitrogens with two attached hydrogens (primary N) is 1. The van der Waals surface area contributed by atoms with Crippen LogP contribution in [0.1, 0.15) is 232 Å². The predicted molar refractivity (Wildman–Crippen MR) is 221 cm³/mol. The van der Waals surface area contributed by atoms with E-state index in [0.717, 1.165) is 25.7 Å². The molecule has 6 nitrogen and oxygen atoms in total. The van der Waals surface area contributed by atoms with Crippen molar-refractivity contribution in [3.8, 4) is 0 Å². The Hall–Kier alpha value is -2.01. The van der Waals surface area contributed by atoms with E-state index in [4.69, 9.17) is 0 Å². The minimum Gasteiger partial charge on any atom is -0.550 e. The summed E-state index contributed by atoms with van der Waals surface area (Å²) < 4.78 is 0. The molecule has 0 bridgehead atoms. The van der Waals surface area contributed by atoms with Crippen LogP contribution < -0.4 is 15.9 Å². The zero-order valence-electron chi connectivity index (χ0n) is 35.1. The van der Waals surface area contributed by atoms with E-state index in [2.05, 4.69) is 26.2 Å². The fraction of sp³-hybridized carbons (Fsp3) is 0.761. The van der Waals surface area contributed by atoms with Gasteiger partial charge in [-0.25, -0.2) is 0 Å². The number of carboxylic acids is 2. The topological polar surface area (TPSA) is 123 Å². The van der Waals surface area contributed by atoms with Gasteiger partial charge in [-0.2, -0.15) is 0 Å². The summed E-state index contributed by atoms with van der Waals surface area (Å²) >= 11 is 0. The zero-order chi connectivity index (χ0) is 39.2. The third-order valence-corrected chi connectivity index (χ3v) is 9.00. The van der Waals surface area contributed by atoms with Gasteiger partial charge in [0.2, 0.25) is 5.91 Å². The minimum atomic E-state index is -0.903. The average Bonchev–Trinajstić information content (AvgIpc) is 3.12. The maximum absolute atomic E-state index is 10.2. The largest absolute Gasteiger partial charge is 2.00 e. The molecule has 0 aromatic heterocycles. The van der Waals surface area contributed by atoms with Gasteiger partial charge in [0, 0.05) is 18.9 Å². The van der Waals surface area contributed by atoms with E-state index in [-0.39, 0.29) is 38.2 Å². The van der Waals surface area contributed by atoms with Gasteiger partial charge in [-0.1, -0.05) is 237 Å². The summed E-state index contributed by atoms with van der Waals surface area (Å²) in [5.41, 5.74) is 5.65. The van der Waals surface area contributed by atoms with E-state index in [1.165, 1.54) is 179 Å². The predicted octanol–water partition coefficient (Wildman–Crippen LogP) is 11.8. The van der Waals surface area contributed by atoms with Crippen molar-refractivity contribution < 1.29 is 44.1 Å². The summed E-state index contributed by atoms with van der Waals surface area (Å²) in [6.07, 6.45) is 41.5. The van der Waals surface area contributed by atoms with Crippen molar-refractivity contribution in [2.75, 3.05) is 0 Å². The second kappa shape index (κ2) is 52.1. The molecule has 0 saturated carbocycles. The molecule has 0 saturated heterocycles. The molecule has 1 aromatic carbocycles. The first-order valence-electron chi connectivity index (χ1n) is 21.5. The number of carbonyl (C=O) groups is 3. The summed E-state index contributed by atoms with van der Waals surface area (Å²) in [7, 11) is 0. The van der Waals surface area contributed by atoms with Crippen LogP contribution in [0, 0.1) is 0 Å². The Balaban J connectivity index is -0.000000341. The molecule has 0 radical (unpaired) electrons. The van der Waals surface area contributed by atoms with Crippen LogP contribution in [0.3, 0.4) is 0 Å². The SMILES string of the molecule is C=Cc1ccccc1.CC(N)=O.CCCCCCCCCCCCCCCCCC(=O)[O-].CCCCCCCCCCCCCCCCCC(=O)[O-].[Zn+2]. The van der Waals surface area contributed by atoms with Crippen molar-refractivity contribution in [1.82, 2.24) is 0 Å². The van der Waals surface area contributed by atoms with Crippen LogP contribution in [0.4, 0.5) is 0 Å². The molecule has 0 fully saturated rings. The molecule has 304 valence electrons. The molecule has 0 heterocycles. The number of carboxylic acid groups (broad SMARTS) is 2. The number of hydrogen-bond acceptors (Lipinski definition) is 5. The standard InChI is InChI=1S/2C18H36O2.C8H8.C2H5NO.Zn/c2*1-2-3-4-5-6-7-8-9-10-11-12-13-14-15-16-17-18(19)20;1-2-8-6-4-3-5-7-8;1-2(3)4;/h2*2-17H2,1H3,(H,19,20);2-7H,1H2;1H3,(H2,3,4);/q;;;;+2/p-2. The van der Waals surface area contributed by atoms with E-state index < -0.39 is 11.9 Å². The summed E-state index contributed by atoms with van der Waals surface area (Å²) in [5.74, 6) is -2.14. The Morgan fingerprint density at radius 1 is 0.491 bits per heavy atom. The molecule has 0 spiro atoms. The van der Waals surface area contributed by atoms with Gasteiger partial charge in [-0.3, -0.25) is 4.79 Å². The first-order valence-corrected chi connectivity index (χ1v) is 21.5. The number of rotatable bonds is 33. The van der Waals surface area contributed by atoms with E-state index in [9.17, 15) is 24.6 Å². The maximum atomic E-state index is 10.2. The molecule has 7 heteroatoms. The smallest absolute Gasteiger partial charge is 0.550 e. The average molecular weight is 796 g/mol. The summed E-state index contributed by atoms with van der Waals surface area (Å²) in [6, 6.07) is 10.0. The van der Waals surface area contributed by atoms with E-state index >= 15 is 0 Å². The number of hydrogen-bond donors (Lipinski definition) is 1. The van der Waals surface area contributed by atoms with Crippen LogP contribution in [0.25, 0.3) is 6.08 Å². The molecule has 1 aromatic rings. The molecule has 1 amide bonds. The molecule has 0 aliphatic heterocycles. The number of carbonyl (C=O) groups excluding carboxylic acids is 3. The fourth-order valence-electron chi connectivity index (χ4n) is 5.87. The second-order valence-electron chi connectivity index (χ2n) is 14.4. The third kappa shape index (κ3) is 65.3. The first kappa shape index (κ1) is 57.7. The Bertz CT molecular complexity index is 832. The number of amides is 1. The molecule has 2 N–H and O–H groups in total. The number of benzene rings is 1. The summed E-state index contributed by atoms with van der Waals surface area (Å²) in [5, 5.41) is 20.4. The van der Waals surface area contributed by atoms with Crippen molar-refractivity contribution in [2.45, 2.75) is 226 Å². The van der Waals surface area contributed by atoms with Gasteiger partial charge < -0.3 is 25.5 Å². The molecule has 53 heavy (non-hydrogen) atoms. The molecular weight excluding hydrogens is 712 g/mol. The van der Waals surface area contributed by atoms with Crippen LogP contribution in [0.15, 0.2) is 36.9 Å². The summed E-state index contributed by atoms with van der Waals surface area (Å²) in [6.45, 7) is 9.47. The Kier molecular flexibility index (Phi) is 56.7. The van der Waals surface area contributed by atoms with Crippen LogP contribution in [0.5, 0.6) is 0 Å². The zero-order valence-corrected chi connectivity index (χ0v) is 38.1. The van der Waals surface area contributed by atoms with Gasteiger partial charge in [0.05, 0.1) is 0 Å². The van der Waals surface area contributed by atoms with Gasteiger partial charge in [0.1, 0.15) is 0 Å².